The second-order valence-corrected chi connectivity index (χ2v) is 5.35. The first kappa shape index (κ1) is 13.2. The molecule has 18 heavy (non-hydrogen) atoms. The molecule has 1 aliphatic rings. The van der Waals surface area contributed by atoms with Gasteiger partial charge in [-0.2, -0.15) is 0 Å². The van der Waals surface area contributed by atoms with Crippen LogP contribution in [0.15, 0.2) is 18.2 Å². The molecule has 98 valence electrons. The van der Waals surface area contributed by atoms with E-state index in [1.54, 1.807) is 11.8 Å². The second kappa shape index (κ2) is 5.63. The minimum absolute atomic E-state index is 0.0308. The first-order valence-electron chi connectivity index (χ1n) is 6.03. The van der Waals surface area contributed by atoms with Crippen LogP contribution in [0.3, 0.4) is 0 Å². The molecule has 2 amide bonds. The third kappa shape index (κ3) is 2.62. The third-order valence-electron chi connectivity index (χ3n) is 3.15. The number of thioether (sulfide) groups is 1. The van der Waals surface area contributed by atoms with Crippen LogP contribution in [0.5, 0.6) is 0 Å². The Morgan fingerprint density at radius 1 is 1.44 bits per heavy atom. The highest BCUT2D eigenvalue weighted by Crippen LogP contribution is 2.21. The standard InChI is InChI=1S/C13H19N3OS/c1-9-5-4-6-10(2)11(9)15-12(17)16-8-7-14-13(16)18-3/h4-6,13-14H,7-8H2,1-3H3,(H,15,17). The van der Waals surface area contributed by atoms with E-state index in [4.69, 9.17) is 0 Å². The van der Waals surface area contributed by atoms with E-state index in [0.717, 1.165) is 29.9 Å². The van der Waals surface area contributed by atoms with Gasteiger partial charge in [0.25, 0.3) is 0 Å². The maximum Gasteiger partial charge on any atom is 0.323 e. The molecule has 0 bridgehead atoms. The van der Waals surface area contributed by atoms with E-state index in [2.05, 4.69) is 10.6 Å². The molecule has 1 atom stereocenters. The number of carbonyl (C=O) groups is 1. The summed E-state index contributed by atoms with van der Waals surface area (Å²) in [7, 11) is 0. The molecular formula is C13H19N3OS. The van der Waals surface area contributed by atoms with E-state index >= 15 is 0 Å². The lowest BCUT2D eigenvalue weighted by Gasteiger charge is -2.23. The Hall–Kier alpha value is -1.20. The molecule has 1 aliphatic heterocycles. The van der Waals surface area contributed by atoms with E-state index in [0.29, 0.717) is 0 Å². The predicted octanol–water partition coefficient (Wildman–Crippen LogP) is 2.39. The summed E-state index contributed by atoms with van der Waals surface area (Å²) >= 11 is 1.64. The van der Waals surface area contributed by atoms with Crippen molar-refractivity contribution < 1.29 is 4.79 Å². The van der Waals surface area contributed by atoms with E-state index in [9.17, 15) is 4.79 Å². The van der Waals surface area contributed by atoms with Crippen LogP contribution in [0.4, 0.5) is 10.5 Å². The van der Waals surface area contributed by atoms with Gasteiger partial charge in [-0.05, 0) is 31.2 Å². The molecule has 1 heterocycles. The fourth-order valence-electron chi connectivity index (χ4n) is 2.14. The van der Waals surface area contributed by atoms with Gasteiger partial charge >= 0.3 is 6.03 Å². The average molecular weight is 265 g/mol. The molecule has 1 unspecified atom stereocenters. The number of benzene rings is 1. The van der Waals surface area contributed by atoms with Gasteiger partial charge in [-0.1, -0.05) is 18.2 Å². The van der Waals surface area contributed by atoms with Gasteiger partial charge in [-0.3, -0.25) is 10.2 Å². The zero-order valence-corrected chi connectivity index (χ0v) is 11.8. The van der Waals surface area contributed by atoms with Gasteiger partial charge in [0.05, 0.1) is 0 Å². The van der Waals surface area contributed by atoms with Gasteiger partial charge in [0, 0.05) is 18.8 Å². The van der Waals surface area contributed by atoms with Gasteiger partial charge in [0.15, 0.2) is 0 Å². The van der Waals surface area contributed by atoms with E-state index in [1.165, 1.54) is 0 Å². The number of hydrogen-bond donors (Lipinski definition) is 2. The van der Waals surface area contributed by atoms with Crippen LogP contribution in [0, 0.1) is 13.8 Å². The summed E-state index contributed by atoms with van der Waals surface area (Å²) in [6.07, 6.45) is 2.00. The van der Waals surface area contributed by atoms with Crippen molar-refractivity contribution in [3.05, 3.63) is 29.3 Å². The smallest absolute Gasteiger partial charge is 0.307 e. The Bertz CT molecular complexity index is 430. The molecule has 2 N–H and O–H groups in total. The third-order valence-corrected chi connectivity index (χ3v) is 4.02. The summed E-state index contributed by atoms with van der Waals surface area (Å²) in [4.78, 5) is 14.1. The molecule has 1 aromatic rings. The maximum absolute atomic E-state index is 12.2. The lowest BCUT2D eigenvalue weighted by atomic mass is 10.1. The monoisotopic (exact) mass is 265 g/mol. The van der Waals surface area contributed by atoms with Crippen LogP contribution < -0.4 is 10.6 Å². The number of nitrogens with one attached hydrogen (secondary N) is 2. The number of aryl methyl sites for hydroxylation is 2. The van der Waals surface area contributed by atoms with Crippen molar-refractivity contribution >= 4 is 23.5 Å². The summed E-state index contributed by atoms with van der Waals surface area (Å²) in [6.45, 7) is 5.63. The Labute approximate surface area is 112 Å². The highest BCUT2D eigenvalue weighted by molar-refractivity contribution is 7.99. The van der Waals surface area contributed by atoms with Crippen molar-refractivity contribution in [2.75, 3.05) is 24.7 Å². The Morgan fingerprint density at radius 3 is 2.72 bits per heavy atom. The fourth-order valence-corrected chi connectivity index (χ4v) is 2.89. The van der Waals surface area contributed by atoms with Crippen LogP contribution in [0.1, 0.15) is 11.1 Å². The molecule has 4 nitrogen and oxygen atoms in total. The molecule has 0 aliphatic carbocycles. The number of hydrogen-bond acceptors (Lipinski definition) is 3. The van der Waals surface area contributed by atoms with E-state index in [-0.39, 0.29) is 11.5 Å². The Balaban J connectivity index is 2.12. The zero-order valence-electron chi connectivity index (χ0n) is 11.0. The molecular weight excluding hydrogens is 246 g/mol. The van der Waals surface area contributed by atoms with Crippen LogP contribution in [-0.4, -0.2) is 35.8 Å². The number of nitrogens with zero attached hydrogens (tertiary/aromatic N) is 1. The zero-order chi connectivity index (χ0) is 13.1. The summed E-state index contributed by atoms with van der Waals surface area (Å²) in [6, 6.07) is 5.99. The highest BCUT2D eigenvalue weighted by atomic mass is 32.2. The van der Waals surface area contributed by atoms with Crippen molar-refractivity contribution in [3.8, 4) is 0 Å². The number of para-hydroxylation sites is 1. The number of rotatable bonds is 2. The van der Waals surface area contributed by atoms with Crippen molar-refractivity contribution in [2.24, 2.45) is 0 Å². The molecule has 0 radical (unpaired) electrons. The molecule has 1 saturated heterocycles. The number of urea groups is 1. The van der Waals surface area contributed by atoms with Crippen LogP contribution in [-0.2, 0) is 0 Å². The average Bonchev–Trinajstić information content (AvgIpc) is 2.82. The van der Waals surface area contributed by atoms with E-state index < -0.39 is 0 Å². The summed E-state index contributed by atoms with van der Waals surface area (Å²) < 4.78 is 0. The van der Waals surface area contributed by atoms with Crippen molar-refractivity contribution in [3.63, 3.8) is 0 Å². The normalized spacial score (nSPS) is 19.1. The van der Waals surface area contributed by atoms with Crippen molar-refractivity contribution in [2.45, 2.75) is 19.3 Å². The first-order chi connectivity index (χ1) is 8.63. The molecule has 0 aromatic heterocycles. The second-order valence-electron chi connectivity index (χ2n) is 4.43. The fraction of sp³-hybridized carbons (Fsp3) is 0.462. The number of anilines is 1. The topological polar surface area (TPSA) is 44.4 Å². The summed E-state index contributed by atoms with van der Waals surface area (Å²) in [5.74, 6) is 0. The number of carbonyl (C=O) groups excluding carboxylic acids is 1. The quantitative estimate of drug-likeness (QED) is 0.863. The van der Waals surface area contributed by atoms with Crippen LogP contribution in [0.25, 0.3) is 0 Å². The summed E-state index contributed by atoms with van der Waals surface area (Å²) in [5.41, 5.74) is 3.19. The molecule has 0 saturated carbocycles. The lowest BCUT2D eigenvalue weighted by molar-refractivity contribution is 0.218. The minimum Gasteiger partial charge on any atom is -0.307 e. The highest BCUT2D eigenvalue weighted by Gasteiger charge is 2.27. The van der Waals surface area contributed by atoms with Crippen molar-refractivity contribution in [1.82, 2.24) is 10.2 Å². The number of amides is 2. The Kier molecular flexibility index (Phi) is 4.14. The lowest BCUT2D eigenvalue weighted by Crippen LogP contribution is -2.40. The van der Waals surface area contributed by atoms with Gasteiger partial charge in [-0.25, -0.2) is 4.79 Å². The van der Waals surface area contributed by atoms with Crippen LogP contribution in [0.2, 0.25) is 0 Å². The predicted molar refractivity (Wildman–Crippen MR) is 76.9 cm³/mol. The van der Waals surface area contributed by atoms with Gasteiger partial charge in [-0.15, -0.1) is 11.8 Å². The molecule has 5 heteroatoms. The molecule has 1 aromatic carbocycles. The largest absolute Gasteiger partial charge is 0.323 e. The first-order valence-corrected chi connectivity index (χ1v) is 7.32. The van der Waals surface area contributed by atoms with Gasteiger partial charge in [0.2, 0.25) is 0 Å². The Morgan fingerprint density at radius 2 is 2.11 bits per heavy atom. The maximum atomic E-state index is 12.2. The molecule has 2 rings (SSSR count). The van der Waals surface area contributed by atoms with Crippen LogP contribution >= 0.6 is 11.8 Å². The SMILES string of the molecule is CSC1NCCN1C(=O)Nc1c(C)cccc1C. The summed E-state index contributed by atoms with van der Waals surface area (Å²) in [5, 5.41) is 6.30. The van der Waals surface area contributed by atoms with Gasteiger partial charge in [0.1, 0.15) is 5.50 Å². The molecule has 1 fully saturated rings. The van der Waals surface area contributed by atoms with Crippen molar-refractivity contribution in [1.29, 1.82) is 0 Å². The van der Waals surface area contributed by atoms with E-state index in [1.807, 2.05) is 43.2 Å². The minimum atomic E-state index is -0.0308. The molecule has 0 spiro atoms. The van der Waals surface area contributed by atoms with Gasteiger partial charge < -0.3 is 5.32 Å².